The third-order valence-electron chi connectivity index (χ3n) is 5.72. The van der Waals surface area contributed by atoms with Crippen LogP contribution < -0.4 is 0 Å². The summed E-state index contributed by atoms with van der Waals surface area (Å²) in [5, 5.41) is 18.7. The molecule has 0 aliphatic carbocycles. The minimum absolute atomic E-state index is 0.177. The molecule has 35 heavy (non-hydrogen) atoms. The molecule has 0 aromatic heterocycles. The first-order valence-corrected chi connectivity index (χ1v) is 13.4. The molecule has 1 aromatic rings. The molecule has 2 unspecified atom stereocenters. The maximum atomic E-state index is 13.3. The highest BCUT2D eigenvalue weighted by Gasteiger charge is 2.12. The van der Waals surface area contributed by atoms with Gasteiger partial charge in [-0.25, -0.2) is 4.39 Å². The van der Waals surface area contributed by atoms with Crippen LogP contribution in [0.4, 0.5) is 4.39 Å². The molecule has 1 rings (SSSR count). The van der Waals surface area contributed by atoms with Crippen LogP contribution in [0.5, 0.6) is 0 Å². The monoisotopic (exact) mass is 499 g/mol. The number of rotatable bonds is 15. The summed E-state index contributed by atoms with van der Waals surface area (Å²) in [6, 6.07) is 9.36. The van der Waals surface area contributed by atoms with E-state index in [2.05, 4.69) is 57.9 Å². The average Bonchev–Trinajstić information content (AvgIpc) is 2.84. The Hall–Kier alpha value is -2.58. The first-order chi connectivity index (χ1) is 16.9. The number of nitriles is 1. The van der Waals surface area contributed by atoms with Crippen molar-refractivity contribution in [1.82, 2.24) is 0 Å². The number of carboxylic acid groups (broad SMARTS) is 1. The largest absolute Gasteiger partial charge is 0.483 e. The van der Waals surface area contributed by atoms with E-state index in [1.54, 1.807) is 23.9 Å². The predicted octanol–water partition coefficient (Wildman–Crippen LogP) is 9.56. The van der Waals surface area contributed by atoms with Gasteiger partial charge in [-0.1, -0.05) is 89.6 Å². The summed E-state index contributed by atoms with van der Waals surface area (Å²) in [4.78, 5) is 9.25. The normalized spacial score (nSPS) is 13.5. The summed E-state index contributed by atoms with van der Waals surface area (Å²) >= 11 is 1.58. The molecule has 0 heterocycles. The zero-order valence-corrected chi connectivity index (χ0v) is 22.6. The van der Waals surface area contributed by atoms with Gasteiger partial charge in [-0.05, 0) is 78.7 Å². The number of halogens is 1. The lowest BCUT2D eigenvalue weighted by molar-refractivity contribution is -0.122. The molecule has 0 aliphatic heterocycles. The van der Waals surface area contributed by atoms with Gasteiger partial charge in [-0.2, -0.15) is 5.26 Å². The second-order valence-electron chi connectivity index (χ2n) is 8.49. The zero-order chi connectivity index (χ0) is 26.5. The second-order valence-corrected chi connectivity index (χ2v) is 9.53. The first-order valence-electron chi connectivity index (χ1n) is 12.5. The van der Waals surface area contributed by atoms with E-state index in [-0.39, 0.29) is 12.3 Å². The Morgan fingerprint density at radius 2 is 1.86 bits per heavy atom. The van der Waals surface area contributed by atoms with Crippen molar-refractivity contribution in [3.8, 4) is 6.07 Å². The van der Waals surface area contributed by atoms with E-state index in [1.807, 2.05) is 18.2 Å². The Bertz CT molecular complexity index is 865. The van der Waals surface area contributed by atoms with Gasteiger partial charge in [0, 0.05) is 4.91 Å². The summed E-state index contributed by atoms with van der Waals surface area (Å²) in [5.41, 5.74) is 3.08. The van der Waals surface area contributed by atoms with Crippen LogP contribution >= 0.6 is 11.8 Å². The van der Waals surface area contributed by atoms with Gasteiger partial charge in [0.05, 0.1) is 11.6 Å². The molecule has 0 saturated heterocycles. The molecule has 5 heteroatoms. The summed E-state index contributed by atoms with van der Waals surface area (Å²) in [6.07, 6.45) is 14.7. The van der Waals surface area contributed by atoms with E-state index in [4.69, 9.17) is 9.90 Å². The van der Waals surface area contributed by atoms with Crippen LogP contribution in [0.15, 0.2) is 70.5 Å². The molecule has 0 fully saturated rings. The van der Waals surface area contributed by atoms with Crippen molar-refractivity contribution in [3.05, 3.63) is 81.9 Å². The summed E-state index contributed by atoms with van der Waals surface area (Å²) in [5.74, 6) is 0.847. The number of nitrogens with zero attached hydrogens (tertiary/aromatic N) is 1. The van der Waals surface area contributed by atoms with Crippen molar-refractivity contribution in [3.63, 3.8) is 0 Å². The van der Waals surface area contributed by atoms with Gasteiger partial charge in [0.15, 0.2) is 0 Å². The number of carbonyl (C=O) groups is 1. The molecule has 1 N–H and O–H groups in total. The van der Waals surface area contributed by atoms with Gasteiger partial charge in [0.1, 0.15) is 5.82 Å². The highest BCUT2D eigenvalue weighted by molar-refractivity contribution is 8.06. The highest BCUT2D eigenvalue weighted by Crippen LogP contribution is 2.29. The van der Waals surface area contributed by atoms with Crippen LogP contribution in [0.1, 0.15) is 90.5 Å². The van der Waals surface area contributed by atoms with Gasteiger partial charge in [0.25, 0.3) is 6.47 Å². The van der Waals surface area contributed by atoms with Crippen molar-refractivity contribution < 1.29 is 14.3 Å². The van der Waals surface area contributed by atoms with E-state index >= 15 is 0 Å². The average molecular weight is 500 g/mol. The van der Waals surface area contributed by atoms with Crippen molar-refractivity contribution in [1.29, 1.82) is 5.26 Å². The molecule has 0 amide bonds. The topological polar surface area (TPSA) is 61.1 Å². The van der Waals surface area contributed by atoms with Crippen LogP contribution in [0.25, 0.3) is 0 Å². The minimum Gasteiger partial charge on any atom is -0.483 e. The fourth-order valence-electron chi connectivity index (χ4n) is 3.65. The van der Waals surface area contributed by atoms with Crippen LogP contribution in [0.3, 0.4) is 0 Å². The zero-order valence-electron chi connectivity index (χ0n) is 21.8. The molecule has 0 saturated carbocycles. The molecule has 0 radical (unpaired) electrons. The molecule has 0 aliphatic rings. The Balaban J connectivity index is 0.00000365. The van der Waals surface area contributed by atoms with E-state index < -0.39 is 0 Å². The molecule has 0 bridgehead atoms. The maximum Gasteiger partial charge on any atom is 0.290 e. The van der Waals surface area contributed by atoms with E-state index in [9.17, 15) is 9.65 Å². The third kappa shape index (κ3) is 15.1. The Kier molecular flexibility index (Phi) is 19.2. The highest BCUT2D eigenvalue weighted by atomic mass is 32.2. The van der Waals surface area contributed by atoms with Gasteiger partial charge in [-0.3, -0.25) is 4.79 Å². The lowest BCUT2D eigenvalue weighted by Gasteiger charge is -2.17. The van der Waals surface area contributed by atoms with Crippen LogP contribution in [-0.2, 0) is 4.79 Å². The fourth-order valence-corrected chi connectivity index (χ4v) is 4.36. The van der Waals surface area contributed by atoms with Crippen molar-refractivity contribution in [2.75, 3.05) is 0 Å². The molecule has 2 atom stereocenters. The lowest BCUT2D eigenvalue weighted by atomic mass is 9.88. The smallest absolute Gasteiger partial charge is 0.290 e. The summed E-state index contributed by atoms with van der Waals surface area (Å²) < 4.78 is 13.3. The van der Waals surface area contributed by atoms with Crippen molar-refractivity contribution in [2.24, 2.45) is 5.92 Å². The Labute approximate surface area is 216 Å². The van der Waals surface area contributed by atoms with Crippen LogP contribution in [0.2, 0.25) is 0 Å². The molecule has 1 aromatic carbocycles. The van der Waals surface area contributed by atoms with Gasteiger partial charge >= 0.3 is 0 Å². The molecule has 192 valence electrons. The number of hydrogen-bond donors (Lipinski definition) is 1. The van der Waals surface area contributed by atoms with E-state index in [0.29, 0.717) is 11.8 Å². The Morgan fingerprint density at radius 3 is 2.40 bits per heavy atom. The number of benzene rings is 1. The standard InChI is InChI=1S/C29H40FNS.CH2O2/c1-6-11-25(27-15-17-29(30)18-16-27)13-9-10-14-26(12-7-2)28(22-31)21-24(5)32-20-19-23(4)8-3;2-1-3/h12,15-21,23,25H,5-11,13-14H2,1-4H3;1H,(H,2,3)/b20-19-,26-12-,28-21+;. The molecule has 3 nitrogen and oxygen atoms in total. The molecular formula is C30H42FNO2S. The minimum atomic E-state index is -0.250. The van der Waals surface area contributed by atoms with Crippen LogP contribution in [0, 0.1) is 23.1 Å². The maximum absolute atomic E-state index is 13.3. The predicted molar refractivity (Wildman–Crippen MR) is 149 cm³/mol. The second kappa shape index (κ2) is 20.8. The molecular weight excluding hydrogens is 457 g/mol. The fraction of sp³-hybridized carbons (Fsp3) is 0.467. The van der Waals surface area contributed by atoms with Gasteiger partial charge in [-0.15, -0.1) is 0 Å². The number of hydrogen-bond acceptors (Lipinski definition) is 3. The van der Waals surface area contributed by atoms with E-state index in [1.165, 1.54) is 5.56 Å². The third-order valence-corrected chi connectivity index (χ3v) is 6.43. The lowest BCUT2D eigenvalue weighted by Crippen LogP contribution is -1.99. The first kappa shape index (κ1) is 32.4. The van der Waals surface area contributed by atoms with E-state index in [0.717, 1.165) is 67.4 Å². The van der Waals surface area contributed by atoms with Crippen molar-refractivity contribution >= 4 is 18.2 Å². The SMILES string of the molecule is C=C(/C=C(C#N)/C(=C\CC)CCCCC(CCC)c1ccc(F)cc1)S/C=C\C(C)CC.O=CO. The van der Waals surface area contributed by atoms with Crippen molar-refractivity contribution in [2.45, 2.75) is 85.0 Å². The summed E-state index contributed by atoms with van der Waals surface area (Å²) in [7, 11) is 0. The molecule has 0 spiro atoms. The quantitative estimate of drug-likeness (QED) is 0.113. The summed E-state index contributed by atoms with van der Waals surface area (Å²) in [6.45, 7) is 12.5. The van der Waals surface area contributed by atoms with Gasteiger partial charge < -0.3 is 5.11 Å². The number of unbranched alkanes of at least 4 members (excludes halogenated alkanes) is 1. The number of thioether (sulfide) groups is 1. The van der Waals surface area contributed by atoms with Gasteiger partial charge in [0.2, 0.25) is 0 Å². The Morgan fingerprint density at radius 1 is 1.20 bits per heavy atom. The van der Waals surface area contributed by atoms with Crippen LogP contribution in [-0.4, -0.2) is 11.6 Å². The number of allylic oxidation sites excluding steroid dienone is 5.